The van der Waals surface area contributed by atoms with Crippen LogP contribution in [0.5, 0.6) is 0 Å². The second-order valence-electron chi connectivity index (χ2n) is 8.64. The van der Waals surface area contributed by atoms with Crippen LogP contribution in [-0.4, -0.2) is 50.3 Å². The van der Waals surface area contributed by atoms with Gasteiger partial charge >= 0.3 is 0 Å². The molecule has 0 aliphatic heterocycles. The summed E-state index contributed by atoms with van der Waals surface area (Å²) in [5.74, 6) is 0.125. The maximum Gasteiger partial charge on any atom is 0.255 e. The number of fused-ring (bicyclic) bond motifs is 1. The van der Waals surface area contributed by atoms with Gasteiger partial charge in [0.05, 0.1) is 28.9 Å². The Morgan fingerprint density at radius 3 is 2.78 bits per heavy atom. The molecule has 1 atom stereocenters. The zero-order valence-electron chi connectivity index (χ0n) is 18.1. The molecule has 0 radical (unpaired) electrons. The highest BCUT2D eigenvalue weighted by Gasteiger charge is 2.27. The SMILES string of the molecule is CC(C)(O)C(F)CNC(=O)c1cnc(Nc2ccc3ncncc3c2)cc1NC1CCC1. The average molecular weight is 439 g/mol. The minimum absolute atomic E-state index is 0.287. The molecule has 32 heavy (non-hydrogen) atoms. The fourth-order valence-electron chi connectivity index (χ4n) is 3.33. The number of alkyl halides is 1. The van der Waals surface area contributed by atoms with Gasteiger partial charge in [-0.1, -0.05) is 0 Å². The highest BCUT2D eigenvalue weighted by Crippen LogP contribution is 2.28. The van der Waals surface area contributed by atoms with Gasteiger partial charge in [-0.25, -0.2) is 19.3 Å². The largest absolute Gasteiger partial charge is 0.387 e. The molecule has 8 nitrogen and oxygen atoms in total. The Balaban J connectivity index is 1.53. The Hall–Kier alpha value is -3.33. The van der Waals surface area contributed by atoms with E-state index in [1.54, 1.807) is 12.3 Å². The number of hydrogen-bond acceptors (Lipinski definition) is 7. The first-order valence-electron chi connectivity index (χ1n) is 10.7. The number of carbonyl (C=O) groups is 1. The van der Waals surface area contributed by atoms with E-state index in [4.69, 9.17) is 0 Å². The van der Waals surface area contributed by atoms with E-state index in [0.717, 1.165) is 35.9 Å². The van der Waals surface area contributed by atoms with Crippen molar-refractivity contribution < 1.29 is 14.3 Å². The lowest BCUT2D eigenvalue weighted by Gasteiger charge is -2.28. The van der Waals surface area contributed by atoms with Crippen LogP contribution in [0.4, 0.5) is 21.6 Å². The molecule has 0 saturated heterocycles. The maximum atomic E-state index is 14.1. The molecule has 0 bridgehead atoms. The summed E-state index contributed by atoms with van der Waals surface area (Å²) in [6.07, 6.45) is 6.34. The lowest BCUT2D eigenvalue weighted by Crippen LogP contribution is -2.42. The molecule has 9 heteroatoms. The third-order valence-corrected chi connectivity index (χ3v) is 5.60. The molecule has 1 aliphatic carbocycles. The molecule has 1 unspecified atom stereocenters. The number of anilines is 3. The fourth-order valence-corrected chi connectivity index (χ4v) is 3.33. The molecule has 1 aromatic carbocycles. The zero-order valence-corrected chi connectivity index (χ0v) is 18.1. The number of aliphatic hydroxyl groups is 1. The molecule has 1 saturated carbocycles. The average Bonchev–Trinajstić information content (AvgIpc) is 2.73. The summed E-state index contributed by atoms with van der Waals surface area (Å²) in [5, 5.41) is 19.9. The number of benzene rings is 1. The molecule has 1 amide bonds. The van der Waals surface area contributed by atoms with E-state index < -0.39 is 17.7 Å². The Labute approximate surface area is 185 Å². The van der Waals surface area contributed by atoms with Gasteiger partial charge < -0.3 is 21.1 Å². The van der Waals surface area contributed by atoms with Crippen molar-refractivity contribution in [1.82, 2.24) is 20.3 Å². The zero-order chi connectivity index (χ0) is 22.7. The molecule has 168 valence electrons. The minimum Gasteiger partial charge on any atom is -0.387 e. The van der Waals surface area contributed by atoms with E-state index in [0.29, 0.717) is 23.1 Å². The summed E-state index contributed by atoms with van der Waals surface area (Å²) in [5.41, 5.74) is 1.09. The Kier molecular flexibility index (Phi) is 6.18. The molecule has 4 rings (SSSR count). The van der Waals surface area contributed by atoms with Crippen molar-refractivity contribution in [3.8, 4) is 0 Å². The van der Waals surface area contributed by atoms with Crippen LogP contribution < -0.4 is 16.0 Å². The van der Waals surface area contributed by atoms with Crippen molar-refractivity contribution in [2.24, 2.45) is 0 Å². The number of amides is 1. The smallest absolute Gasteiger partial charge is 0.255 e. The summed E-state index contributed by atoms with van der Waals surface area (Å²) in [7, 11) is 0. The molecule has 4 N–H and O–H groups in total. The summed E-state index contributed by atoms with van der Waals surface area (Å²) >= 11 is 0. The number of nitrogens with one attached hydrogen (secondary N) is 3. The van der Waals surface area contributed by atoms with Gasteiger partial charge in [0, 0.05) is 35.6 Å². The second kappa shape index (κ2) is 9.04. The van der Waals surface area contributed by atoms with Crippen molar-refractivity contribution in [2.45, 2.75) is 50.9 Å². The van der Waals surface area contributed by atoms with Gasteiger partial charge in [-0.05, 0) is 51.3 Å². The van der Waals surface area contributed by atoms with Crippen molar-refractivity contribution in [1.29, 1.82) is 0 Å². The third-order valence-electron chi connectivity index (χ3n) is 5.60. The standard InChI is InChI=1S/C23H27FN6O2/c1-23(2,32)20(24)12-27-22(31)17-11-26-21(9-19(17)29-15-4-3-5-15)30-16-6-7-18-14(8-16)10-25-13-28-18/h6-11,13,15,20,32H,3-5,12H2,1-2H3,(H,27,31)(H2,26,29,30). The van der Waals surface area contributed by atoms with E-state index in [2.05, 4.69) is 30.9 Å². The van der Waals surface area contributed by atoms with Crippen LogP contribution in [0.1, 0.15) is 43.5 Å². The number of nitrogens with zero attached hydrogens (tertiary/aromatic N) is 3. The van der Waals surface area contributed by atoms with Gasteiger partial charge in [0.1, 0.15) is 18.3 Å². The van der Waals surface area contributed by atoms with Gasteiger partial charge in [0.2, 0.25) is 0 Å². The number of rotatable bonds is 8. The van der Waals surface area contributed by atoms with Gasteiger partial charge in [-0.3, -0.25) is 4.79 Å². The van der Waals surface area contributed by atoms with Gasteiger partial charge in [-0.2, -0.15) is 0 Å². The monoisotopic (exact) mass is 438 g/mol. The quantitative estimate of drug-likeness (QED) is 0.425. The Morgan fingerprint density at radius 2 is 2.06 bits per heavy atom. The molecule has 3 aromatic rings. The second-order valence-corrected chi connectivity index (χ2v) is 8.64. The minimum atomic E-state index is -1.58. The molecular formula is C23H27FN6O2. The van der Waals surface area contributed by atoms with E-state index in [-0.39, 0.29) is 6.54 Å². The van der Waals surface area contributed by atoms with Crippen LogP contribution in [0.15, 0.2) is 43.0 Å². The first-order chi connectivity index (χ1) is 15.3. The van der Waals surface area contributed by atoms with Crippen molar-refractivity contribution in [2.75, 3.05) is 17.2 Å². The number of aromatic nitrogens is 3. The number of halogens is 1. The number of hydrogen-bond donors (Lipinski definition) is 4. The summed E-state index contributed by atoms with van der Waals surface area (Å²) in [6.45, 7) is 2.45. The summed E-state index contributed by atoms with van der Waals surface area (Å²) in [6, 6.07) is 7.79. The first kappa shape index (κ1) is 21.9. The molecule has 2 heterocycles. The molecule has 1 fully saturated rings. The normalized spacial score (nSPS) is 15.1. The van der Waals surface area contributed by atoms with Crippen LogP contribution in [0, 0.1) is 0 Å². The van der Waals surface area contributed by atoms with Crippen LogP contribution in [0.25, 0.3) is 10.9 Å². The number of pyridine rings is 1. The first-order valence-corrected chi connectivity index (χ1v) is 10.7. The van der Waals surface area contributed by atoms with Gasteiger partial charge in [0.25, 0.3) is 5.91 Å². The van der Waals surface area contributed by atoms with Crippen LogP contribution in [-0.2, 0) is 0 Å². The highest BCUT2D eigenvalue weighted by molar-refractivity contribution is 6.00. The number of carbonyl (C=O) groups excluding carboxylic acids is 1. The lowest BCUT2D eigenvalue weighted by atomic mass is 9.92. The van der Waals surface area contributed by atoms with Gasteiger partial charge in [0.15, 0.2) is 0 Å². The van der Waals surface area contributed by atoms with E-state index in [9.17, 15) is 14.3 Å². The Bertz CT molecular complexity index is 1110. The summed E-state index contributed by atoms with van der Waals surface area (Å²) < 4.78 is 14.1. The van der Waals surface area contributed by atoms with Crippen LogP contribution in [0.3, 0.4) is 0 Å². The Morgan fingerprint density at radius 1 is 1.25 bits per heavy atom. The van der Waals surface area contributed by atoms with E-state index in [1.807, 2.05) is 18.2 Å². The lowest BCUT2D eigenvalue weighted by molar-refractivity contribution is -0.00177. The van der Waals surface area contributed by atoms with Crippen molar-refractivity contribution >= 4 is 34.0 Å². The maximum absolute atomic E-state index is 14.1. The predicted octanol–water partition coefficient (Wildman–Crippen LogP) is 3.57. The predicted molar refractivity (Wildman–Crippen MR) is 122 cm³/mol. The van der Waals surface area contributed by atoms with Crippen LogP contribution >= 0.6 is 0 Å². The molecule has 2 aromatic heterocycles. The molecule has 0 spiro atoms. The highest BCUT2D eigenvalue weighted by atomic mass is 19.1. The third kappa shape index (κ3) is 5.11. The fraction of sp³-hybridized carbons (Fsp3) is 0.391. The van der Waals surface area contributed by atoms with Crippen molar-refractivity contribution in [3.63, 3.8) is 0 Å². The molecule has 1 aliphatic rings. The van der Waals surface area contributed by atoms with Gasteiger partial charge in [-0.15, -0.1) is 0 Å². The summed E-state index contributed by atoms with van der Waals surface area (Å²) in [4.78, 5) is 25.4. The van der Waals surface area contributed by atoms with Crippen molar-refractivity contribution in [3.05, 3.63) is 48.5 Å². The topological polar surface area (TPSA) is 112 Å². The molecular weight excluding hydrogens is 411 g/mol. The van der Waals surface area contributed by atoms with Crippen LogP contribution in [0.2, 0.25) is 0 Å². The van der Waals surface area contributed by atoms with E-state index >= 15 is 0 Å². The van der Waals surface area contributed by atoms with E-state index in [1.165, 1.54) is 26.4 Å².